The van der Waals surface area contributed by atoms with Crippen LogP contribution in [0.2, 0.25) is 0 Å². The van der Waals surface area contributed by atoms with Gasteiger partial charge in [-0.1, -0.05) is 0 Å². The third-order valence-corrected chi connectivity index (χ3v) is 5.52. The van der Waals surface area contributed by atoms with E-state index < -0.39 is 29.1 Å². The highest BCUT2D eigenvalue weighted by atomic mass is 19.1. The van der Waals surface area contributed by atoms with Crippen molar-refractivity contribution < 1.29 is 37.6 Å². The molecule has 4 rings (SSSR count). The largest absolute Gasteiger partial charge is 0.506 e. The lowest BCUT2D eigenvalue weighted by molar-refractivity contribution is 0.0525. The summed E-state index contributed by atoms with van der Waals surface area (Å²) < 4.78 is 52.1. The number of nitrogens with zero attached hydrogens (tertiary/aromatic N) is 2. The average Bonchev–Trinajstić information content (AvgIpc) is 2.90. The fourth-order valence-corrected chi connectivity index (χ4v) is 3.73. The number of aromatic hydroxyl groups is 1. The standard InChI is InChI=1S/C29H30F2N4O6/c1-29(2,3)41-28(37)34-8-5-11-39-26-15-21-18(14-25(26)38-4)24(7-10-33-21)40-27-19(30)12-17(13-20(27)31)35-22-16-32-9-6-23(22)36/h6-7,9-10,12-16,35H,5,8,11H2,1-4H3,(H,32,36)(H,34,37). The summed E-state index contributed by atoms with van der Waals surface area (Å²) in [6.07, 6.45) is 4.14. The maximum Gasteiger partial charge on any atom is 0.407 e. The van der Waals surface area contributed by atoms with Crippen molar-refractivity contribution in [1.29, 1.82) is 0 Å². The number of fused-ring (bicyclic) bond motifs is 1. The topological polar surface area (TPSA) is 124 Å². The molecule has 0 aliphatic carbocycles. The van der Waals surface area contributed by atoms with Crippen molar-refractivity contribution in [2.24, 2.45) is 0 Å². The van der Waals surface area contributed by atoms with Crippen molar-refractivity contribution in [3.8, 4) is 28.7 Å². The van der Waals surface area contributed by atoms with E-state index in [4.69, 9.17) is 18.9 Å². The Balaban J connectivity index is 1.47. The highest BCUT2D eigenvalue weighted by Gasteiger charge is 2.18. The number of halogens is 2. The van der Waals surface area contributed by atoms with Gasteiger partial charge in [0.2, 0.25) is 0 Å². The van der Waals surface area contributed by atoms with E-state index in [2.05, 4.69) is 20.6 Å². The maximum absolute atomic E-state index is 15.0. The molecule has 2 aromatic heterocycles. The summed E-state index contributed by atoms with van der Waals surface area (Å²) in [7, 11) is 1.46. The number of benzene rings is 2. The Kier molecular flexibility index (Phi) is 8.91. The number of nitrogens with one attached hydrogen (secondary N) is 2. The van der Waals surface area contributed by atoms with Crippen LogP contribution in [0.1, 0.15) is 27.2 Å². The number of methoxy groups -OCH3 is 1. The number of carbonyl (C=O) groups excluding carboxylic acids is 1. The molecule has 41 heavy (non-hydrogen) atoms. The minimum absolute atomic E-state index is 0.0555. The van der Waals surface area contributed by atoms with Crippen molar-refractivity contribution in [3.63, 3.8) is 0 Å². The van der Waals surface area contributed by atoms with Crippen molar-refractivity contribution >= 4 is 28.4 Å². The monoisotopic (exact) mass is 568 g/mol. The average molecular weight is 569 g/mol. The Morgan fingerprint density at radius 3 is 2.46 bits per heavy atom. The molecule has 2 aromatic carbocycles. The van der Waals surface area contributed by atoms with Crippen LogP contribution in [-0.4, -0.2) is 47.0 Å². The number of rotatable bonds is 10. The Bertz CT molecular complexity index is 1520. The van der Waals surface area contributed by atoms with Gasteiger partial charge in [0.15, 0.2) is 28.9 Å². The lowest BCUT2D eigenvalue weighted by atomic mass is 10.1. The van der Waals surface area contributed by atoms with Gasteiger partial charge < -0.3 is 34.7 Å². The van der Waals surface area contributed by atoms with Gasteiger partial charge in [-0.25, -0.2) is 13.6 Å². The Morgan fingerprint density at radius 2 is 1.78 bits per heavy atom. The fraction of sp³-hybridized carbons (Fsp3) is 0.276. The van der Waals surface area contributed by atoms with Gasteiger partial charge in [0.05, 0.1) is 31.1 Å². The maximum atomic E-state index is 15.0. The van der Waals surface area contributed by atoms with Gasteiger partial charge in [0.1, 0.15) is 17.1 Å². The number of pyridine rings is 2. The van der Waals surface area contributed by atoms with Gasteiger partial charge in [0, 0.05) is 54.3 Å². The van der Waals surface area contributed by atoms with E-state index in [1.807, 2.05) is 0 Å². The van der Waals surface area contributed by atoms with Gasteiger partial charge in [-0.2, -0.15) is 0 Å². The van der Waals surface area contributed by atoms with Crippen molar-refractivity contribution in [1.82, 2.24) is 15.3 Å². The molecular formula is C29H30F2N4O6. The van der Waals surface area contributed by atoms with Gasteiger partial charge in [-0.15, -0.1) is 0 Å². The van der Waals surface area contributed by atoms with E-state index in [-0.39, 0.29) is 29.5 Å². The molecule has 3 N–H and O–H groups in total. The van der Waals surface area contributed by atoms with Crippen LogP contribution in [0.15, 0.2) is 55.0 Å². The molecule has 0 fully saturated rings. The molecule has 216 valence electrons. The molecule has 0 spiro atoms. The van der Waals surface area contributed by atoms with Gasteiger partial charge in [-0.05, 0) is 39.3 Å². The second kappa shape index (κ2) is 12.5. The summed E-state index contributed by atoms with van der Waals surface area (Å²) in [5.74, 6) is -1.78. The van der Waals surface area contributed by atoms with Gasteiger partial charge >= 0.3 is 6.09 Å². The summed E-state index contributed by atoms with van der Waals surface area (Å²) in [5, 5.41) is 15.7. The van der Waals surface area contributed by atoms with Crippen molar-refractivity contribution in [2.45, 2.75) is 32.8 Å². The smallest absolute Gasteiger partial charge is 0.407 e. The first-order valence-electron chi connectivity index (χ1n) is 12.7. The fourth-order valence-electron chi connectivity index (χ4n) is 3.73. The second-order valence-corrected chi connectivity index (χ2v) is 9.85. The first-order valence-corrected chi connectivity index (χ1v) is 12.7. The molecule has 12 heteroatoms. The van der Waals surface area contributed by atoms with Gasteiger partial charge in [0.25, 0.3) is 0 Å². The van der Waals surface area contributed by atoms with E-state index in [0.29, 0.717) is 35.4 Å². The zero-order valence-electron chi connectivity index (χ0n) is 23.0. The van der Waals surface area contributed by atoms with Crippen LogP contribution >= 0.6 is 0 Å². The quantitative estimate of drug-likeness (QED) is 0.185. The van der Waals surface area contributed by atoms with E-state index in [1.54, 1.807) is 32.9 Å². The molecule has 0 unspecified atom stereocenters. The van der Waals surface area contributed by atoms with Crippen LogP contribution < -0.4 is 24.8 Å². The number of hydrogen-bond acceptors (Lipinski definition) is 9. The predicted octanol–water partition coefficient (Wildman–Crippen LogP) is 6.45. The highest BCUT2D eigenvalue weighted by Crippen LogP contribution is 2.39. The molecule has 0 aliphatic rings. The van der Waals surface area contributed by atoms with Crippen LogP contribution in [0, 0.1) is 11.6 Å². The molecular weight excluding hydrogens is 538 g/mol. The van der Waals surface area contributed by atoms with Crippen molar-refractivity contribution in [3.05, 3.63) is 66.6 Å². The second-order valence-electron chi connectivity index (χ2n) is 9.85. The summed E-state index contributed by atoms with van der Waals surface area (Å²) in [5.41, 5.74) is 0.0960. The third-order valence-electron chi connectivity index (χ3n) is 5.52. The van der Waals surface area contributed by atoms with Crippen LogP contribution in [0.4, 0.5) is 25.0 Å². The zero-order valence-corrected chi connectivity index (χ0v) is 23.0. The van der Waals surface area contributed by atoms with E-state index in [9.17, 15) is 18.7 Å². The molecule has 10 nitrogen and oxygen atoms in total. The number of alkyl carbamates (subject to hydrolysis) is 1. The number of carbonyl (C=O) groups is 1. The first-order chi connectivity index (χ1) is 19.5. The predicted molar refractivity (Wildman–Crippen MR) is 148 cm³/mol. The number of ether oxygens (including phenoxy) is 4. The van der Waals surface area contributed by atoms with Crippen LogP contribution in [0.25, 0.3) is 10.9 Å². The Morgan fingerprint density at radius 1 is 1.02 bits per heavy atom. The molecule has 1 amide bonds. The zero-order chi connectivity index (χ0) is 29.6. The normalized spacial score (nSPS) is 11.2. The number of hydrogen-bond donors (Lipinski definition) is 3. The SMILES string of the molecule is COc1cc2c(Oc3c(F)cc(Nc4cnccc4O)cc3F)ccnc2cc1OCCCNC(=O)OC(C)(C)C. The molecule has 0 saturated carbocycles. The molecule has 0 aliphatic heterocycles. The number of amides is 1. The number of anilines is 2. The third kappa shape index (κ3) is 7.62. The highest BCUT2D eigenvalue weighted by molar-refractivity contribution is 5.88. The lowest BCUT2D eigenvalue weighted by Crippen LogP contribution is -2.33. The Labute approximate surface area is 235 Å². The lowest BCUT2D eigenvalue weighted by Gasteiger charge is -2.19. The van der Waals surface area contributed by atoms with Crippen LogP contribution in [-0.2, 0) is 4.74 Å². The summed E-state index contributed by atoms with van der Waals surface area (Å²) >= 11 is 0. The van der Waals surface area contributed by atoms with E-state index in [1.165, 1.54) is 37.8 Å². The molecule has 0 bridgehead atoms. The molecule has 0 saturated heterocycles. The molecule has 2 heterocycles. The molecule has 0 radical (unpaired) electrons. The summed E-state index contributed by atoms with van der Waals surface area (Å²) in [6, 6.07) is 8.13. The molecule has 4 aromatic rings. The van der Waals surface area contributed by atoms with Crippen molar-refractivity contribution in [2.75, 3.05) is 25.6 Å². The van der Waals surface area contributed by atoms with Crippen LogP contribution in [0.5, 0.6) is 28.7 Å². The van der Waals surface area contributed by atoms with Gasteiger partial charge in [-0.3, -0.25) is 9.97 Å². The van der Waals surface area contributed by atoms with E-state index >= 15 is 0 Å². The summed E-state index contributed by atoms with van der Waals surface area (Å²) in [6.45, 7) is 5.96. The molecule has 0 atom stereocenters. The minimum atomic E-state index is -0.965. The first kappa shape index (κ1) is 29.1. The summed E-state index contributed by atoms with van der Waals surface area (Å²) in [4.78, 5) is 20.0. The minimum Gasteiger partial charge on any atom is -0.506 e. The Hall–Kier alpha value is -4.87. The van der Waals surface area contributed by atoms with E-state index in [0.717, 1.165) is 12.1 Å². The van der Waals surface area contributed by atoms with Crippen LogP contribution in [0.3, 0.4) is 0 Å². The number of aromatic nitrogens is 2.